The number of carbonyl (C=O) groups is 1. The van der Waals surface area contributed by atoms with Crippen LogP contribution >= 0.6 is 0 Å². The maximum Gasteiger partial charge on any atom is 0.308 e. The van der Waals surface area contributed by atoms with Crippen LogP contribution in [0, 0.1) is 0 Å². The smallest absolute Gasteiger partial charge is 0.308 e. The number of carbonyl (C=O) groups excluding carboxylic acids is 1. The maximum atomic E-state index is 11.4. The molecule has 0 spiro atoms. The Balaban J connectivity index is 3.09. The van der Waals surface area contributed by atoms with E-state index in [9.17, 15) is 4.79 Å². The largest absolute Gasteiger partial charge is 0.463 e. The van der Waals surface area contributed by atoms with Gasteiger partial charge in [0.2, 0.25) is 0 Å². The summed E-state index contributed by atoms with van der Waals surface area (Å²) in [5.74, 6) is -0.495. The predicted molar refractivity (Wildman–Crippen MR) is 238 cm³/mol. The Bertz CT molecular complexity index is 830. The van der Waals surface area contributed by atoms with Gasteiger partial charge in [-0.25, -0.2) is 0 Å². The summed E-state index contributed by atoms with van der Waals surface area (Å²) in [6.45, 7) is 13.5. The van der Waals surface area contributed by atoms with Crippen LogP contribution in [-0.4, -0.2) is 194 Å². The fourth-order valence-corrected chi connectivity index (χ4v) is 5.74. The lowest BCUT2D eigenvalue weighted by Crippen LogP contribution is -2.22. The van der Waals surface area contributed by atoms with Gasteiger partial charge in [-0.15, -0.1) is 0 Å². The van der Waals surface area contributed by atoms with Crippen LogP contribution in [0.1, 0.15) is 116 Å². The fraction of sp³-hybridized carbons (Fsp3) is 0.978. The van der Waals surface area contributed by atoms with Gasteiger partial charge < -0.3 is 71.8 Å². The molecule has 0 aliphatic heterocycles. The molecule has 0 bridgehead atoms. The van der Waals surface area contributed by atoms with Crippen LogP contribution in [0.2, 0.25) is 0 Å². The third-order valence-corrected chi connectivity index (χ3v) is 9.33. The topological polar surface area (TPSA) is 178 Å². The third kappa shape index (κ3) is 55.0. The van der Waals surface area contributed by atoms with Crippen molar-refractivity contribution in [1.29, 1.82) is 0 Å². The van der Waals surface area contributed by atoms with Gasteiger partial charge in [-0.1, -0.05) is 103 Å². The van der Waals surface area contributed by atoms with Crippen LogP contribution in [0.25, 0.3) is 0 Å². The summed E-state index contributed by atoms with van der Waals surface area (Å²) in [6, 6.07) is 0. The molecule has 0 aromatic heterocycles. The van der Waals surface area contributed by atoms with Crippen molar-refractivity contribution in [3.05, 3.63) is 0 Å². The van der Waals surface area contributed by atoms with Crippen molar-refractivity contribution in [2.24, 2.45) is 0 Å². The van der Waals surface area contributed by atoms with Crippen LogP contribution in [0.15, 0.2) is 0 Å². The van der Waals surface area contributed by atoms with Crippen molar-refractivity contribution in [3.8, 4) is 0 Å². The van der Waals surface area contributed by atoms with E-state index >= 15 is 0 Å². The van der Waals surface area contributed by atoms with Gasteiger partial charge in [0.05, 0.1) is 165 Å². The lowest BCUT2D eigenvalue weighted by atomic mass is 10.0. The highest BCUT2D eigenvalue weighted by Crippen LogP contribution is 2.13. The normalized spacial score (nSPS) is 12.1. The first-order valence-corrected chi connectivity index (χ1v) is 24.1. The zero-order valence-electron chi connectivity index (χ0n) is 39.1. The van der Waals surface area contributed by atoms with E-state index in [1.807, 2.05) is 0 Å². The van der Waals surface area contributed by atoms with Crippen molar-refractivity contribution < 1.29 is 76.6 Å². The predicted octanol–water partition coefficient (Wildman–Crippen LogP) is 5.73. The molecule has 62 heavy (non-hydrogen) atoms. The molecule has 2 N–H and O–H groups in total. The highest BCUT2D eigenvalue weighted by molar-refractivity contribution is 5.69. The van der Waals surface area contributed by atoms with Crippen LogP contribution in [0.4, 0.5) is 0 Å². The summed E-state index contributed by atoms with van der Waals surface area (Å²) in [6.07, 6.45) is 21.1. The number of aliphatic hydroxyl groups excluding tert-OH is 2. The molecule has 0 aromatic carbocycles. The minimum atomic E-state index is -1.06. The number of unbranched alkanes of at least 4 members (excludes halogenated alkanes) is 15. The van der Waals surface area contributed by atoms with Gasteiger partial charge in [0, 0.05) is 6.61 Å². The summed E-state index contributed by atoms with van der Waals surface area (Å²) >= 11 is 0. The van der Waals surface area contributed by atoms with E-state index in [1.54, 1.807) is 0 Å². The summed E-state index contributed by atoms with van der Waals surface area (Å²) in [5.41, 5.74) is 0. The lowest BCUT2D eigenvalue weighted by molar-refractivity contribution is -0.148. The van der Waals surface area contributed by atoms with Gasteiger partial charge in [0.15, 0.2) is 0 Å². The molecule has 0 radical (unpaired) electrons. The summed E-state index contributed by atoms with van der Waals surface area (Å²) < 4.78 is 70.7. The SMILES string of the molecule is CCCCCCCCCCCCCCCCCCOCCOCCOCCOCCOCCOCCOCCOCCOCCOCCOCCOCCC(=O)OCC(O)CO. The monoisotopic (exact) mass is 901 g/mol. The molecule has 16 nitrogen and oxygen atoms in total. The molecular weight excluding hydrogens is 808 g/mol. The molecular formula is C46H92O16. The van der Waals surface area contributed by atoms with Crippen molar-refractivity contribution in [1.82, 2.24) is 0 Å². The standard InChI is InChI=1S/C46H92O16/c1-2-3-4-5-6-7-8-9-10-11-12-13-14-15-16-17-19-50-21-23-52-25-27-54-29-31-56-33-35-58-37-39-60-41-42-61-40-38-59-36-34-57-32-30-55-28-26-53-24-22-51-20-18-46(49)62-44-45(48)43-47/h45,47-48H,2-44H2,1H3. The van der Waals surface area contributed by atoms with Gasteiger partial charge in [-0.3, -0.25) is 4.79 Å². The molecule has 0 rings (SSSR count). The van der Waals surface area contributed by atoms with E-state index in [2.05, 4.69) is 6.92 Å². The molecule has 16 heteroatoms. The average molecular weight is 901 g/mol. The summed E-state index contributed by atoms with van der Waals surface area (Å²) in [7, 11) is 0. The minimum Gasteiger partial charge on any atom is -0.463 e. The minimum absolute atomic E-state index is 0.0669. The molecule has 0 saturated heterocycles. The number of esters is 1. The van der Waals surface area contributed by atoms with E-state index in [0.29, 0.717) is 145 Å². The zero-order valence-corrected chi connectivity index (χ0v) is 39.1. The van der Waals surface area contributed by atoms with E-state index in [1.165, 1.54) is 96.3 Å². The molecule has 0 fully saturated rings. The second kappa shape index (κ2) is 56.0. The second-order valence-electron chi connectivity index (χ2n) is 14.9. The number of hydrogen-bond acceptors (Lipinski definition) is 16. The highest BCUT2D eigenvalue weighted by atomic mass is 16.6. The summed E-state index contributed by atoms with van der Waals surface area (Å²) in [5, 5.41) is 17.8. The molecule has 0 aliphatic carbocycles. The number of hydrogen-bond donors (Lipinski definition) is 2. The molecule has 0 saturated carbocycles. The van der Waals surface area contributed by atoms with Crippen molar-refractivity contribution >= 4 is 5.97 Å². The van der Waals surface area contributed by atoms with Gasteiger partial charge in [-0.05, 0) is 6.42 Å². The molecule has 0 amide bonds. The Morgan fingerprint density at radius 3 is 0.823 bits per heavy atom. The average Bonchev–Trinajstić information content (AvgIpc) is 3.28. The summed E-state index contributed by atoms with van der Waals surface area (Å²) in [4.78, 5) is 11.4. The molecule has 0 aromatic rings. The van der Waals surface area contributed by atoms with Gasteiger partial charge in [0.25, 0.3) is 0 Å². The number of aliphatic hydroxyl groups is 2. The van der Waals surface area contributed by atoms with Gasteiger partial charge in [-0.2, -0.15) is 0 Å². The Morgan fingerprint density at radius 2 is 0.565 bits per heavy atom. The van der Waals surface area contributed by atoms with Crippen LogP contribution in [-0.2, 0) is 66.4 Å². The Morgan fingerprint density at radius 1 is 0.339 bits per heavy atom. The van der Waals surface area contributed by atoms with Gasteiger partial charge in [0.1, 0.15) is 12.7 Å². The maximum absolute atomic E-state index is 11.4. The highest BCUT2D eigenvalue weighted by Gasteiger charge is 2.07. The van der Waals surface area contributed by atoms with E-state index in [-0.39, 0.29) is 19.6 Å². The quantitative estimate of drug-likeness (QED) is 0.0558. The molecule has 1 unspecified atom stereocenters. The third-order valence-electron chi connectivity index (χ3n) is 9.33. The van der Waals surface area contributed by atoms with Crippen molar-refractivity contribution in [2.45, 2.75) is 122 Å². The lowest BCUT2D eigenvalue weighted by Gasteiger charge is -2.09. The molecule has 372 valence electrons. The molecule has 1 atom stereocenters. The fourth-order valence-electron chi connectivity index (χ4n) is 5.74. The zero-order chi connectivity index (χ0) is 44.8. The Labute approximate surface area is 375 Å². The first kappa shape index (κ1) is 60.9. The van der Waals surface area contributed by atoms with Gasteiger partial charge >= 0.3 is 5.97 Å². The molecule has 0 heterocycles. The van der Waals surface area contributed by atoms with E-state index in [0.717, 1.165) is 13.0 Å². The van der Waals surface area contributed by atoms with Crippen molar-refractivity contribution in [3.63, 3.8) is 0 Å². The number of ether oxygens (including phenoxy) is 13. The molecule has 0 aliphatic rings. The van der Waals surface area contributed by atoms with E-state index in [4.69, 9.17) is 71.8 Å². The first-order chi connectivity index (χ1) is 30.7. The van der Waals surface area contributed by atoms with E-state index < -0.39 is 18.7 Å². The Hall–Kier alpha value is -1.09. The van der Waals surface area contributed by atoms with Crippen LogP contribution in [0.5, 0.6) is 0 Å². The second-order valence-corrected chi connectivity index (χ2v) is 14.9. The first-order valence-electron chi connectivity index (χ1n) is 24.1. The van der Waals surface area contributed by atoms with Crippen molar-refractivity contribution in [2.75, 3.05) is 172 Å². The number of rotatable bonds is 56. The Kier molecular flexibility index (Phi) is 55.1. The van der Waals surface area contributed by atoms with Crippen LogP contribution in [0.3, 0.4) is 0 Å². The van der Waals surface area contributed by atoms with Crippen LogP contribution < -0.4 is 0 Å².